The van der Waals surface area contributed by atoms with Gasteiger partial charge in [-0.2, -0.15) is 4.98 Å². The highest BCUT2D eigenvalue weighted by molar-refractivity contribution is 9.10. The predicted octanol–water partition coefficient (Wildman–Crippen LogP) is 1.98. The number of nitrogens with zero attached hydrogens (tertiary/aromatic N) is 2. The number of halogens is 1. The Balaban J connectivity index is 2.74. The van der Waals surface area contributed by atoms with Gasteiger partial charge in [0, 0.05) is 19.3 Å². The highest BCUT2D eigenvalue weighted by atomic mass is 79.9. The second kappa shape index (κ2) is 6.70. The maximum atomic E-state index is 11.3. The van der Waals surface area contributed by atoms with Crippen molar-refractivity contribution >= 4 is 33.6 Å². The van der Waals surface area contributed by atoms with Crippen molar-refractivity contribution in [2.45, 2.75) is 27.2 Å². The summed E-state index contributed by atoms with van der Waals surface area (Å²) in [6, 6.07) is 0. The maximum absolute atomic E-state index is 11.3. The topological polar surface area (TPSA) is 92.9 Å². The van der Waals surface area contributed by atoms with Crippen LogP contribution in [0, 0.1) is 5.41 Å². The standard InChI is InChI=1S/C12H20BrN5O/c1-4-5-15-11-16-6-8(13)9(18-11)17-7-12(2,3)10(14)19/h6H,4-5,7H2,1-3H3,(H2,14,19)(H2,15,16,17,18). The van der Waals surface area contributed by atoms with Crippen LogP contribution in [0.5, 0.6) is 0 Å². The van der Waals surface area contributed by atoms with E-state index in [4.69, 9.17) is 5.73 Å². The third-order valence-corrected chi connectivity index (χ3v) is 3.22. The lowest BCUT2D eigenvalue weighted by Crippen LogP contribution is -2.37. The van der Waals surface area contributed by atoms with Crippen LogP contribution in [-0.4, -0.2) is 29.0 Å². The average Bonchev–Trinajstić information content (AvgIpc) is 2.36. The van der Waals surface area contributed by atoms with Gasteiger partial charge in [0.25, 0.3) is 0 Å². The Morgan fingerprint density at radius 1 is 1.47 bits per heavy atom. The zero-order valence-corrected chi connectivity index (χ0v) is 13.0. The van der Waals surface area contributed by atoms with Crippen molar-refractivity contribution in [2.24, 2.45) is 11.1 Å². The Labute approximate surface area is 121 Å². The SMILES string of the molecule is CCCNc1ncc(Br)c(NCC(C)(C)C(N)=O)n1. The van der Waals surface area contributed by atoms with Crippen LogP contribution in [0.3, 0.4) is 0 Å². The number of hydrogen-bond acceptors (Lipinski definition) is 5. The van der Waals surface area contributed by atoms with Crippen LogP contribution in [0.25, 0.3) is 0 Å². The molecule has 106 valence electrons. The molecule has 6 nitrogen and oxygen atoms in total. The molecule has 19 heavy (non-hydrogen) atoms. The molecule has 4 N–H and O–H groups in total. The van der Waals surface area contributed by atoms with E-state index in [1.165, 1.54) is 0 Å². The number of primary amides is 1. The minimum absolute atomic E-state index is 0.352. The zero-order chi connectivity index (χ0) is 14.5. The van der Waals surface area contributed by atoms with Crippen molar-refractivity contribution in [2.75, 3.05) is 23.7 Å². The first kappa shape index (κ1) is 15.7. The lowest BCUT2D eigenvalue weighted by molar-refractivity contribution is -0.125. The molecule has 0 radical (unpaired) electrons. The highest BCUT2D eigenvalue weighted by Gasteiger charge is 2.25. The molecule has 0 saturated carbocycles. The molecule has 0 fully saturated rings. The van der Waals surface area contributed by atoms with Crippen LogP contribution in [0.2, 0.25) is 0 Å². The molecule has 7 heteroatoms. The van der Waals surface area contributed by atoms with Gasteiger partial charge in [-0.1, -0.05) is 6.92 Å². The van der Waals surface area contributed by atoms with E-state index in [1.54, 1.807) is 20.0 Å². The number of nitrogens with two attached hydrogens (primary N) is 1. The minimum Gasteiger partial charge on any atom is -0.369 e. The first-order valence-corrected chi connectivity index (χ1v) is 6.96. The first-order chi connectivity index (χ1) is 8.86. The van der Waals surface area contributed by atoms with Crippen LogP contribution in [0.1, 0.15) is 27.2 Å². The Morgan fingerprint density at radius 3 is 2.74 bits per heavy atom. The smallest absolute Gasteiger partial charge is 0.224 e. The maximum Gasteiger partial charge on any atom is 0.224 e. The summed E-state index contributed by atoms with van der Waals surface area (Å²) in [6.07, 6.45) is 2.67. The van der Waals surface area contributed by atoms with Crippen LogP contribution in [-0.2, 0) is 4.79 Å². The van der Waals surface area contributed by atoms with Crippen molar-refractivity contribution in [3.05, 3.63) is 10.7 Å². The Hall–Kier alpha value is -1.37. The van der Waals surface area contributed by atoms with E-state index in [9.17, 15) is 4.79 Å². The third kappa shape index (κ3) is 4.66. The van der Waals surface area contributed by atoms with Gasteiger partial charge < -0.3 is 16.4 Å². The normalized spacial score (nSPS) is 11.2. The molecule has 1 aromatic rings. The van der Waals surface area contributed by atoms with Gasteiger partial charge >= 0.3 is 0 Å². The molecule has 0 spiro atoms. The van der Waals surface area contributed by atoms with E-state index in [0.717, 1.165) is 17.4 Å². The lowest BCUT2D eigenvalue weighted by Gasteiger charge is -2.21. The van der Waals surface area contributed by atoms with E-state index in [1.807, 2.05) is 0 Å². The van der Waals surface area contributed by atoms with Crippen LogP contribution in [0.4, 0.5) is 11.8 Å². The lowest BCUT2D eigenvalue weighted by atomic mass is 9.93. The van der Waals surface area contributed by atoms with E-state index in [-0.39, 0.29) is 5.91 Å². The van der Waals surface area contributed by atoms with Gasteiger partial charge in [0.15, 0.2) is 0 Å². The predicted molar refractivity (Wildman–Crippen MR) is 80.0 cm³/mol. The number of anilines is 2. The van der Waals surface area contributed by atoms with Gasteiger partial charge in [-0.25, -0.2) is 4.98 Å². The van der Waals surface area contributed by atoms with Gasteiger partial charge in [0.05, 0.1) is 9.89 Å². The van der Waals surface area contributed by atoms with Crippen LogP contribution in [0.15, 0.2) is 10.7 Å². The minimum atomic E-state index is -0.637. The van der Waals surface area contributed by atoms with Crippen molar-refractivity contribution < 1.29 is 4.79 Å². The zero-order valence-electron chi connectivity index (χ0n) is 11.5. The van der Waals surface area contributed by atoms with E-state index >= 15 is 0 Å². The summed E-state index contributed by atoms with van der Waals surface area (Å²) in [6.45, 7) is 6.86. The fraction of sp³-hybridized carbons (Fsp3) is 0.583. The third-order valence-electron chi connectivity index (χ3n) is 2.64. The van der Waals surface area contributed by atoms with Gasteiger partial charge in [-0.05, 0) is 36.2 Å². The average molecular weight is 330 g/mol. The molecule has 0 aromatic carbocycles. The Bertz CT molecular complexity index is 450. The summed E-state index contributed by atoms with van der Waals surface area (Å²) in [5.74, 6) is 0.849. The van der Waals surface area contributed by atoms with Gasteiger partial charge in [0.2, 0.25) is 11.9 Å². The number of hydrogen-bond donors (Lipinski definition) is 3. The highest BCUT2D eigenvalue weighted by Crippen LogP contribution is 2.22. The molecule has 0 atom stereocenters. The molecule has 1 amide bonds. The van der Waals surface area contributed by atoms with E-state index < -0.39 is 5.41 Å². The summed E-state index contributed by atoms with van der Waals surface area (Å²) in [5.41, 5.74) is 4.69. The molecular weight excluding hydrogens is 310 g/mol. The number of amides is 1. The number of aromatic nitrogens is 2. The largest absolute Gasteiger partial charge is 0.369 e. The monoisotopic (exact) mass is 329 g/mol. The van der Waals surface area contributed by atoms with E-state index in [2.05, 4.69) is 43.5 Å². The summed E-state index contributed by atoms with van der Waals surface area (Å²) in [7, 11) is 0. The number of nitrogens with one attached hydrogen (secondary N) is 2. The van der Waals surface area contributed by atoms with Crippen molar-refractivity contribution in [1.82, 2.24) is 9.97 Å². The molecule has 0 bridgehead atoms. The molecule has 0 aliphatic rings. The quantitative estimate of drug-likeness (QED) is 0.711. The van der Waals surface area contributed by atoms with Crippen LogP contribution < -0.4 is 16.4 Å². The van der Waals surface area contributed by atoms with Crippen molar-refractivity contribution in [3.8, 4) is 0 Å². The fourth-order valence-corrected chi connectivity index (χ4v) is 1.54. The molecular formula is C12H20BrN5O. The summed E-state index contributed by atoms with van der Waals surface area (Å²) in [5, 5.41) is 6.22. The molecule has 0 saturated heterocycles. The molecule has 0 unspecified atom stereocenters. The molecule has 0 aliphatic carbocycles. The summed E-state index contributed by atoms with van der Waals surface area (Å²) in [4.78, 5) is 19.8. The summed E-state index contributed by atoms with van der Waals surface area (Å²) < 4.78 is 0.745. The second-order valence-electron chi connectivity index (χ2n) is 4.92. The van der Waals surface area contributed by atoms with Gasteiger partial charge in [0.1, 0.15) is 5.82 Å². The number of carbonyl (C=O) groups excluding carboxylic acids is 1. The second-order valence-corrected chi connectivity index (χ2v) is 5.77. The van der Waals surface area contributed by atoms with Gasteiger partial charge in [-0.3, -0.25) is 4.79 Å². The van der Waals surface area contributed by atoms with E-state index in [0.29, 0.717) is 18.3 Å². The fourth-order valence-electron chi connectivity index (χ4n) is 1.20. The molecule has 1 aromatic heterocycles. The molecule has 1 rings (SSSR count). The number of rotatable bonds is 7. The van der Waals surface area contributed by atoms with Crippen molar-refractivity contribution in [1.29, 1.82) is 0 Å². The van der Waals surface area contributed by atoms with Gasteiger partial charge in [-0.15, -0.1) is 0 Å². The van der Waals surface area contributed by atoms with Crippen molar-refractivity contribution in [3.63, 3.8) is 0 Å². The summed E-state index contributed by atoms with van der Waals surface area (Å²) >= 11 is 3.37. The molecule has 1 heterocycles. The first-order valence-electron chi connectivity index (χ1n) is 6.17. The number of carbonyl (C=O) groups is 1. The Kier molecular flexibility index (Phi) is 5.53. The Morgan fingerprint density at radius 2 is 2.16 bits per heavy atom. The van der Waals surface area contributed by atoms with Crippen LogP contribution >= 0.6 is 15.9 Å². The molecule has 0 aliphatic heterocycles.